The Hall–Kier alpha value is -2.45. The highest BCUT2D eigenvalue weighted by molar-refractivity contribution is 9.10. The van der Waals surface area contributed by atoms with Crippen LogP contribution in [0.3, 0.4) is 0 Å². The van der Waals surface area contributed by atoms with Crippen molar-refractivity contribution >= 4 is 34.1 Å². The summed E-state index contributed by atoms with van der Waals surface area (Å²) in [5, 5.41) is 9.96. The molecule has 0 spiro atoms. The third-order valence-electron chi connectivity index (χ3n) is 4.25. The van der Waals surface area contributed by atoms with Gasteiger partial charge in [-0.15, -0.1) is 0 Å². The van der Waals surface area contributed by atoms with Crippen LogP contribution in [0.25, 0.3) is 0 Å². The molecule has 0 bridgehead atoms. The fourth-order valence-electron chi connectivity index (χ4n) is 2.83. The second kappa shape index (κ2) is 7.66. The molecule has 1 aliphatic carbocycles. The third-order valence-corrected chi connectivity index (χ3v) is 5.03. The number of carbonyl (C=O) groups excluding carboxylic acids is 1. The Morgan fingerprint density at radius 1 is 1.30 bits per heavy atom. The molecule has 0 saturated heterocycles. The molecule has 8 heteroatoms. The standard InChI is InChI=1S/C19H17BrN4O2S/c20-12-4-3-5-14(10-12)26-16-7-2-1-6-15(16)18(25)21-11-17-22-23-19(27)24(17)13-8-9-13/h1-7,10,13H,8-9,11H2,(H,21,25)(H,23,27). The molecular weight excluding hydrogens is 428 g/mol. The number of benzene rings is 2. The summed E-state index contributed by atoms with van der Waals surface area (Å²) in [5.74, 6) is 1.66. The SMILES string of the molecule is O=C(NCc1n[nH]c(=S)n1C1CC1)c1ccccc1Oc1cccc(Br)c1. The van der Waals surface area contributed by atoms with Gasteiger partial charge in [0.25, 0.3) is 5.91 Å². The number of halogens is 1. The van der Waals surface area contributed by atoms with E-state index in [1.165, 1.54) is 0 Å². The Labute approximate surface area is 169 Å². The average molecular weight is 445 g/mol. The Balaban J connectivity index is 1.50. The van der Waals surface area contributed by atoms with Gasteiger partial charge >= 0.3 is 0 Å². The number of nitrogens with one attached hydrogen (secondary N) is 2. The number of H-pyrrole nitrogens is 1. The molecule has 27 heavy (non-hydrogen) atoms. The molecule has 1 amide bonds. The van der Waals surface area contributed by atoms with Crippen molar-refractivity contribution in [3.8, 4) is 11.5 Å². The van der Waals surface area contributed by atoms with Gasteiger partial charge in [-0.3, -0.25) is 14.5 Å². The first-order valence-electron chi connectivity index (χ1n) is 8.58. The van der Waals surface area contributed by atoms with Crippen LogP contribution in [0.15, 0.2) is 53.0 Å². The Morgan fingerprint density at radius 3 is 2.89 bits per heavy atom. The van der Waals surface area contributed by atoms with Gasteiger partial charge in [0.2, 0.25) is 0 Å². The van der Waals surface area contributed by atoms with Gasteiger partial charge < -0.3 is 10.1 Å². The summed E-state index contributed by atoms with van der Waals surface area (Å²) in [5.41, 5.74) is 0.463. The third kappa shape index (κ3) is 4.12. The quantitative estimate of drug-likeness (QED) is 0.537. The van der Waals surface area contributed by atoms with Gasteiger partial charge in [0.15, 0.2) is 10.6 Å². The van der Waals surface area contributed by atoms with Crippen molar-refractivity contribution in [2.45, 2.75) is 25.4 Å². The van der Waals surface area contributed by atoms with E-state index in [4.69, 9.17) is 17.0 Å². The van der Waals surface area contributed by atoms with Gasteiger partial charge in [0.1, 0.15) is 11.5 Å². The summed E-state index contributed by atoms with van der Waals surface area (Å²) >= 11 is 8.69. The second-order valence-corrected chi connectivity index (χ2v) is 7.59. The maximum atomic E-state index is 12.7. The van der Waals surface area contributed by atoms with Crippen molar-refractivity contribution in [2.75, 3.05) is 0 Å². The number of rotatable bonds is 6. The van der Waals surface area contributed by atoms with E-state index in [9.17, 15) is 4.79 Å². The van der Waals surface area contributed by atoms with Gasteiger partial charge in [0.05, 0.1) is 12.1 Å². The molecule has 3 aromatic rings. The lowest BCUT2D eigenvalue weighted by Crippen LogP contribution is -2.25. The van der Waals surface area contributed by atoms with Crippen molar-refractivity contribution < 1.29 is 9.53 Å². The molecule has 1 saturated carbocycles. The number of hydrogen-bond donors (Lipinski definition) is 2. The van der Waals surface area contributed by atoms with E-state index in [-0.39, 0.29) is 5.91 Å². The summed E-state index contributed by atoms with van der Waals surface area (Å²) in [7, 11) is 0. The van der Waals surface area contributed by atoms with Crippen molar-refractivity contribution in [2.24, 2.45) is 0 Å². The average Bonchev–Trinajstić information content (AvgIpc) is 3.43. The fraction of sp³-hybridized carbons (Fsp3) is 0.211. The van der Waals surface area contributed by atoms with Crippen LogP contribution in [0, 0.1) is 4.77 Å². The molecule has 0 radical (unpaired) electrons. The van der Waals surface area contributed by atoms with Crippen LogP contribution in [-0.4, -0.2) is 20.7 Å². The number of nitrogens with zero attached hydrogens (tertiary/aromatic N) is 2. The van der Waals surface area contributed by atoms with Crippen molar-refractivity contribution in [1.29, 1.82) is 0 Å². The lowest BCUT2D eigenvalue weighted by atomic mass is 10.2. The number of ether oxygens (including phenoxy) is 1. The molecular formula is C19H17BrN4O2S. The molecule has 138 valence electrons. The fourth-order valence-corrected chi connectivity index (χ4v) is 3.50. The predicted octanol–water partition coefficient (Wildman–Crippen LogP) is 4.76. The van der Waals surface area contributed by atoms with Crippen LogP contribution < -0.4 is 10.1 Å². The van der Waals surface area contributed by atoms with Gasteiger partial charge in [-0.1, -0.05) is 34.1 Å². The van der Waals surface area contributed by atoms with E-state index in [2.05, 4.69) is 31.4 Å². The lowest BCUT2D eigenvalue weighted by molar-refractivity contribution is 0.0947. The summed E-state index contributed by atoms with van der Waals surface area (Å²) in [4.78, 5) is 12.7. The smallest absolute Gasteiger partial charge is 0.255 e. The first kappa shape index (κ1) is 17.9. The number of amides is 1. The number of aromatic nitrogens is 3. The Kier molecular flexibility index (Phi) is 5.09. The molecule has 0 aliphatic heterocycles. The van der Waals surface area contributed by atoms with E-state index in [0.29, 0.717) is 34.4 Å². The van der Waals surface area contributed by atoms with Crippen LogP contribution in [0.4, 0.5) is 0 Å². The number of aromatic amines is 1. The minimum Gasteiger partial charge on any atom is -0.456 e. The molecule has 0 unspecified atom stereocenters. The molecule has 1 fully saturated rings. The predicted molar refractivity (Wildman–Crippen MR) is 108 cm³/mol. The Bertz CT molecular complexity index is 1040. The highest BCUT2D eigenvalue weighted by atomic mass is 79.9. The first-order chi connectivity index (χ1) is 13.1. The highest BCUT2D eigenvalue weighted by Crippen LogP contribution is 2.35. The number of hydrogen-bond acceptors (Lipinski definition) is 4. The molecule has 2 N–H and O–H groups in total. The zero-order valence-corrected chi connectivity index (χ0v) is 16.7. The molecule has 1 heterocycles. The van der Waals surface area contributed by atoms with Crippen molar-refractivity contribution in [3.63, 3.8) is 0 Å². The zero-order valence-electron chi connectivity index (χ0n) is 14.3. The van der Waals surface area contributed by atoms with Gasteiger partial charge in [0, 0.05) is 10.5 Å². The van der Waals surface area contributed by atoms with Crippen LogP contribution in [0.2, 0.25) is 0 Å². The maximum absolute atomic E-state index is 12.7. The van der Waals surface area contributed by atoms with Crippen molar-refractivity contribution in [1.82, 2.24) is 20.1 Å². The Morgan fingerprint density at radius 2 is 2.11 bits per heavy atom. The summed E-state index contributed by atoms with van der Waals surface area (Å²) in [6, 6.07) is 15.0. The molecule has 0 atom stereocenters. The first-order valence-corrected chi connectivity index (χ1v) is 9.78. The summed E-state index contributed by atoms with van der Waals surface area (Å²) in [6.07, 6.45) is 2.19. The van der Waals surface area contributed by atoms with E-state index >= 15 is 0 Å². The summed E-state index contributed by atoms with van der Waals surface area (Å²) in [6.45, 7) is 0.299. The minimum atomic E-state index is -0.225. The topological polar surface area (TPSA) is 71.9 Å². The van der Waals surface area contributed by atoms with Crippen LogP contribution in [0.1, 0.15) is 35.1 Å². The van der Waals surface area contributed by atoms with Crippen LogP contribution in [-0.2, 0) is 6.54 Å². The second-order valence-electron chi connectivity index (χ2n) is 6.28. The van der Waals surface area contributed by atoms with E-state index in [1.807, 2.05) is 41.0 Å². The van der Waals surface area contributed by atoms with Gasteiger partial charge in [-0.05, 0) is 55.4 Å². The van der Waals surface area contributed by atoms with Crippen LogP contribution >= 0.6 is 28.1 Å². The molecule has 1 aromatic heterocycles. The minimum absolute atomic E-state index is 0.225. The number of para-hydroxylation sites is 1. The van der Waals surface area contributed by atoms with E-state index in [0.717, 1.165) is 23.1 Å². The maximum Gasteiger partial charge on any atom is 0.255 e. The summed E-state index contributed by atoms with van der Waals surface area (Å²) < 4.78 is 9.40. The number of carbonyl (C=O) groups is 1. The molecule has 6 nitrogen and oxygen atoms in total. The van der Waals surface area contributed by atoms with E-state index in [1.54, 1.807) is 12.1 Å². The van der Waals surface area contributed by atoms with Crippen LogP contribution in [0.5, 0.6) is 11.5 Å². The highest BCUT2D eigenvalue weighted by Gasteiger charge is 2.27. The van der Waals surface area contributed by atoms with Gasteiger partial charge in [-0.2, -0.15) is 5.10 Å². The molecule has 2 aromatic carbocycles. The lowest BCUT2D eigenvalue weighted by Gasteiger charge is -2.12. The zero-order chi connectivity index (χ0) is 18.8. The monoisotopic (exact) mass is 444 g/mol. The normalized spacial score (nSPS) is 13.4. The van der Waals surface area contributed by atoms with Crippen molar-refractivity contribution in [3.05, 3.63) is 69.2 Å². The molecule has 4 rings (SSSR count). The molecule has 1 aliphatic rings. The largest absolute Gasteiger partial charge is 0.456 e. The van der Waals surface area contributed by atoms with Gasteiger partial charge in [-0.25, -0.2) is 0 Å². The van der Waals surface area contributed by atoms with E-state index < -0.39 is 0 Å².